The molecule has 120 valence electrons. The van der Waals surface area contributed by atoms with E-state index in [2.05, 4.69) is 5.32 Å². The molecule has 23 heavy (non-hydrogen) atoms. The number of nitrogens with one attached hydrogen (secondary N) is 1. The number of methoxy groups -OCH3 is 1. The van der Waals surface area contributed by atoms with Crippen LogP contribution in [-0.2, 0) is 4.79 Å². The highest BCUT2D eigenvalue weighted by Gasteiger charge is 2.16. The van der Waals surface area contributed by atoms with Crippen molar-refractivity contribution < 1.29 is 23.7 Å². The summed E-state index contributed by atoms with van der Waals surface area (Å²) in [5, 5.41) is 2.74. The molecule has 0 fully saturated rings. The van der Waals surface area contributed by atoms with Gasteiger partial charge in [0, 0.05) is 6.07 Å². The maximum Gasteiger partial charge on any atom is 0.262 e. The van der Waals surface area contributed by atoms with E-state index in [0.717, 1.165) is 11.5 Å². The van der Waals surface area contributed by atoms with Gasteiger partial charge in [0.2, 0.25) is 0 Å². The van der Waals surface area contributed by atoms with Gasteiger partial charge in [-0.2, -0.15) is 0 Å². The molecule has 0 spiro atoms. The summed E-state index contributed by atoms with van der Waals surface area (Å²) in [5.74, 6) is 2.66. The lowest BCUT2D eigenvalue weighted by molar-refractivity contribution is -0.118. The number of hydrogen-bond donors (Lipinski definition) is 1. The predicted octanol–water partition coefficient (Wildman–Crippen LogP) is 2.48. The van der Waals surface area contributed by atoms with Crippen LogP contribution in [0, 0.1) is 0 Å². The lowest BCUT2D eigenvalue weighted by Crippen LogP contribution is -2.25. The van der Waals surface area contributed by atoms with Crippen molar-refractivity contribution in [3.63, 3.8) is 0 Å². The minimum Gasteiger partial charge on any atom is -0.497 e. The van der Waals surface area contributed by atoms with Crippen LogP contribution < -0.4 is 24.3 Å². The minimum atomic E-state index is -0.169. The van der Waals surface area contributed by atoms with Crippen molar-refractivity contribution in [2.24, 2.45) is 0 Å². The van der Waals surface area contributed by atoms with Gasteiger partial charge in [-0.15, -0.1) is 0 Å². The Morgan fingerprint density at radius 3 is 2.39 bits per heavy atom. The van der Waals surface area contributed by atoms with Crippen molar-refractivity contribution in [1.29, 1.82) is 0 Å². The van der Waals surface area contributed by atoms with Crippen LogP contribution in [-0.4, -0.2) is 32.8 Å². The fraction of sp³-hybridized carbons (Fsp3) is 0.235. The van der Waals surface area contributed by atoms with Gasteiger partial charge in [-0.25, -0.2) is 0 Å². The van der Waals surface area contributed by atoms with Gasteiger partial charge in [-0.05, 0) is 36.4 Å². The van der Waals surface area contributed by atoms with Gasteiger partial charge in [-0.3, -0.25) is 4.79 Å². The molecule has 1 aliphatic heterocycles. The molecular weight excluding hydrogens is 298 g/mol. The lowest BCUT2D eigenvalue weighted by Gasteiger charge is -2.18. The Morgan fingerprint density at radius 2 is 1.65 bits per heavy atom. The molecule has 2 aromatic rings. The second-order valence-corrected chi connectivity index (χ2v) is 4.87. The zero-order valence-corrected chi connectivity index (χ0v) is 12.7. The summed E-state index contributed by atoms with van der Waals surface area (Å²) in [7, 11) is 1.62. The Hall–Kier alpha value is -2.89. The summed E-state index contributed by atoms with van der Waals surface area (Å²) >= 11 is 0. The van der Waals surface area contributed by atoms with Gasteiger partial charge < -0.3 is 24.3 Å². The molecule has 0 atom stereocenters. The van der Waals surface area contributed by atoms with E-state index in [-0.39, 0.29) is 12.5 Å². The molecule has 0 unspecified atom stereocenters. The molecule has 6 nitrogen and oxygen atoms in total. The first kappa shape index (κ1) is 15.0. The first-order valence-electron chi connectivity index (χ1n) is 7.21. The van der Waals surface area contributed by atoms with E-state index in [9.17, 15) is 4.79 Å². The monoisotopic (exact) mass is 315 g/mol. The van der Waals surface area contributed by atoms with Crippen LogP contribution in [0.2, 0.25) is 0 Å². The molecule has 1 amide bonds. The molecular formula is C17H17NO5. The number of carbonyl (C=O) groups is 1. The maximum atomic E-state index is 11.3. The zero-order valence-electron chi connectivity index (χ0n) is 12.7. The second-order valence-electron chi connectivity index (χ2n) is 4.87. The van der Waals surface area contributed by atoms with Gasteiger partial charge >= 0.3 is 0 Å². The van der Waals surface area contributed by atoms with Crippen molar-refractivity contribution in [3.8, 4) is 23.0 Å². The molecule has 0 aromatic heterocycles. The fourth-order valence-electron chi connectivity index (χ4n) is 2.14. The van der Waals surface area contributed by atoms with E-state index in [1.54, 1.807) is 25.3 Å². The zero-order chi connectivity index (χ0) is 16.1. The Balaban J connectivity index is 1.48. The Kier molecular flexibility index (Phi) is 4.52. The van der Waals surface area contributed by atoms with Crippen LogP contribution in [0.1, 0.15) is 0 Å². The molecule has 0 aliphatic carbocycles. The van der Waals surface area contributed by atoms with E-state index in [4.69, 9.17) is 18.9 Å². The number of benzene rings is 2. The average Bonchev–Trinajstić information content (AvgIpc) is 2.59. The maximum absolute atomic E-state index is 11.3. The van der Waals surface area contributed by atoms with Crippen molar-refractivity contribution in [2.45, 2.75) is 0 Å². The number of amides is 1. The van der Waals surface area contributed by atoms with Crippen LogP contribution in [0.4, 0.5) is 5.69 Å². The topological polar surface area (TPSA) is 66.0 Å². The third-order valence-electron chi connectivity index (χ3n) is 3.26. The van der Waals surface area contributed by atoms with E-state index < -0.39 is 0 Å². The lowest BCUT2D eigenvalue weighted by atomic mass is 10.2. The number of rotatable bonds is 6. The molecule has 1 heterocycles. The molecule has 1 N–H and O–H groups in total. The molecule has 0 saturated carbocycles. The highest BCUT2D eigenvalue weighted by Crippen LogP contribution is 2.31. The minimum absolute atomic E-state index is 0.0445. The van der Waals surface area contributed by atoms with Gasteiger partial charge in [-0.1, -0.05) is 0 Å². The molecule has 1 aliphatic rings. The Bertz CT molecular complexity index is 684. The van der Waals surface area contributed by atoms with E-state index in [1.807, 2.05) is 24.3 Å². The summed E-state index contributed by atoms with van der Waals surface area (Å²) in [6, 6.07) is 12.7. The third kappa shape index (κ3) is 3.85. The van der Waals surface area contributed by atoms with E-state index in [1.165, 1.54) is 0 Å². The Morgan fingerprint density at radius 1 is 1.00 bits per heavy atom. The number of hydrogen-bond acceptors (Lipinski definition) is 5. The predicted molar refractivity (Wildman–Crippen MR) is 84.6 cm³/mol. The smallest absolute Gasteiger partial charge is 0.262 e. The van der Waals surface area contributed by atoms with Gasteiger partial charge in [0.15, 0.2) is 6.61 Å². The normalized spacial score (nSPS) is 12.7. The average molecular weight is 315 g/mol. The summed E-state index contributed by atoms with van der Waals surface area (Å²) in [6.07, 6.45) is 0. The number of anilines is 1. The summed E-state index contributed by atoms with van der Waals surface area (Å²) in [6.45, 7) is 0.842. The standard InChI is InChI=1S/C17H17NO5/c1-20-12-2-4-13(5-3-12)21-8-9-22-14-6-7-16-15(10-14)18-17(19)11-23-16/h2-7,10H,8-9,11H2,1H3,(H,18,19). The van der Waals surface area contributed by atoms with Crippen LogP contribution in [0.3, 0.4) is 0 Å². The van der Waals surface area contributed by atoms with Gasteiger partial charge in [0.1, 0.15) is 36.2 Å². The van der Waals surface area contributed by atoms with Crippen molar-refractivity contribution in [1.82, 2.24) is 0 Å². The van der Waals surface area contributed by atoms with Crippen LogP contribution in [0.25, 0.3) is 0 Å². The van der Waals surface area contributed by atoms with Crippen molar-refractivity contribution in [2.75, 3.05) is 32.2 Å². The highest BCUT2D eigenvalue weighted by atomic mass is 16.5. The highest BCUT2D eigenvalue weighted by molar-refractivity contribution is 5.95. The van der Waals surface area contributed by atoms with Crippen LogP contribution >= 0.6 is 0 Å². The Labute approximate surface area is 133 Å². The van der Waals surface area contributed by atoms with E-state index >= 15 is 0 Å². The van der Waals surface area contributed by atoms with E-state index in [0.29, 0.717) is 30.4 Å². The molecule has 0 saturated heterocycles. The summed E-state index contributed by atoms with van der Waals surface area (Å²) < 4.78 is 21.6. The molecule has 3 rings (SSSR count). The number of fused-ring (bicyclic) bond motifs is 1. The SMILES string of the molecule is COc1ccc(OCCOc2ccc3c(c2)NC(=O)CO3)cc1. The van der Waals surface area contributed by atoms with Crippen LogP contribution in [0.5, 0.6) is 23.0 Å². The number of carbonyl (C=O) groups excluding carboxylic acids is 1. The molecule has 2 aromatic carbocycles. The van der Waals surface area contributed by atoms with Crippen LogP contribution in [0.15, 0.2) is 42.5 Å². The second kappa shape index (κ2) is 6.91. The van der Waals surface area contributed by atoms with Gasteiger partial charge in [0.05, 0.1) is 12.8 Å². The van der Waals surface area contributed by atoms with Crippen molar-refractivity contribution in [3.05, 3.63) is 42.5 Å². The quantitative estimate of drug-likeness (QED) is 0.830. The molecule has 0 radical (unpaired) electrons. The number of ether oxygens (including phenoxy) is 4. The first-order chi connectivity index (χ1) is 11.2. The molecule has 0 bridgehead atoms. The molecule has 6 heteroatoms. The van der Waals surface area contributed by atoms with Crippen molar-refractivity contribution >= 4 is 11.6 Å². The first-order valence-corrected chi connectivity index (χ1v) is 7.21. The summed E-state index contributed by atoms with van der Waals surface area (Å²) in [5.41, 5.74) is 0.620. The fourth-order valence-corrected chi connectivity index (χ4v) is 2.14. The summed E-state index contributed by atoms with van der Waals surface area (Å²) in [4.78, 5) is 11.3. The third-order valence-corrected chi connectivity index (χ3v) is 3.26. The van der Waals surface area contributed by atoms with Gasteiger partial charge in [0.25, 0.3) is 5.91 Å². The largest absolute Gasteiger partial charge is 0.497 e.